The van der Waals surface area contributed by atoms with Crippen LogP contribution in [0.3, 0.4) is 0 Å². The lowest BCUT2D eigenvalue weighted by Crippen LogP contribution is -2.27. The molecule has 0 bridgehead atoms. The molecule has 94 valence electrons. The first kappa shape index (κ1) is 11.0. The summed E-state index contributed by atoms with van der Waals surface area (Å²) in [5.41, 5.74) is 0.426. The molecule has 2 atom stereocenters. The first-order chi connectivity index (χ1) is 8.70. The summed E-state index contributed by atoms with van der Waals surface area (Å²) in [5, 5.41) is 9.11. The van der Waals surface area contributed by atoms with Gasteiger partial charge in [0.05, 0.1) is 12.4 Å². The molecule has 1 aliphatic rings. The van der Waals surface area contributed by atoms with Gasteiger partial charge in [0.15, 0.2) is 11.2 Å². The molecule has 3 N–H and O–H groups in total. The normalized spacial score (nSPS) is 22.9. The molecule has 0 aromatic carbocycles. The lowest BCUT2D eigenvalue weighted by molar-refractivity contribution is 0.244. The van der Waals surface area contributed by atoms with Crippen LogP contribution in [-0.4, -0.2) is 30.9 Å². The van der Waals surface area contributed by atoms with Crippen LogP contribution in [0.1, 0.15) is 12.5 Å². The zero-order chi connectivity index (χ0) is 12.7. The molecule has 2 heterocycles. The molecule has 0 saturated heterocycles. The molecular formula is C11H13N5O2. The zero-order valence-corrected chi connectivity index (χ0v) is 9.60. The largest absolute Gasteiger partial charge is 0.396 e. The van der Waals surface area contributed by atoms with Gasteiger partial charge in [-0.25, -0.2) is 14.6 Å². The molecule has 2 aromatic rings. The van der Waals surface area contributed by atoms with Crippen LogP contribution in [0.15, 0.2) is 29.6 Å². The van der Waals surface area contributed by atoms with Gasteiger partial charge in [0.2, 0.25) is 0 Å². The van der Waals surface area contributed by atoms with E-state index < -0.39 is 0 Å². The van der Waals surface area contributed by atoms with E-state index in [0.29, 0.717) is 5.65 Å². The number of allylic oxidation sites excluding steroid dienone is 1. The van der Waals surface area contributed by atoms with Crippen molar-refractivity contribution in [3.63, 3.8) is 0 Å². The minimum atomic E-state index is -0.362. The van der Waals surface area contributed by atoms with Crippen LogP contribution in [0.4, 0.5) is 0 Å². The summed E-state index contributed by atoms with van der Waals surface area (Å²) < 4.78 is 2.75. The van der Waals surface area contributed by atoms with Crippen LogP contribution in [-0.2, 0) is 0 Å². The number of nitrogen functional groups attached to an aromatic ring is 1. The summed E-state index contributed by atoms with van der Waals surface area (Å²) in [7, 11) is 0. The lowest BCUT2D eigenvalue weighted by Gasteiger charge is -2.12. The molecule has 7 nitrogen and oxygen atoms in total. The van der Waals surface area contributed by atoms with Crippen molar-refractivity contribution in [1.82, 2.24) is 19.2 Å². The Balaban J connectivity index is 2.07. The number of aromatic nitrogens is 4. The number of rotatable bonds is 2. The van der Waals surface area contributed by atoms with E-state index in [-0.39, 0.29) is 29.6 Å². The highest BCUT2D eigenvalue weighted by Gasteiger charge is 2.22. The van der Waals surface area contributed by atoms with Crippen LogP contribution in [0.2, 0.25) is 0 Å². The molecular weight excluding hydrogens is 234 g/mol. The Morgan fingerprint density at radius 1 is 1.39 bits per heavy atom. The van der Waals surface area contributed by atoms with E-state index in [2.05, 4.69) is 9.97 Å². The fourth-order valence-corrected chi connectivity index (χ4v) is 2.26. The molecule has 7 heteroatoms. The molecule has 2 aromatic heterocycles. The Hall–Kier alpha value is -2.15. The van der Waals surface area contributed by atoms with Gasteiger partial charge < -0.3 is 15.5 Å². The third-order valence-electron chi connectivity index (χ3n) is 3.25. The van der Waals surface area contributed by atoms with Crippen molar-refractivity contribution < 1.29 is 5.11 Å². The maximum atomic E-state index is 11.7. The van der Waals surface area contributed by atoms with Gasteiger partial charge in [-0.05, 0) is 6.42 Å². The van der Waals surface area contributed by atoms with Crippen LogP contribution in [0.5, 0.6) is 0 Å². The van der Waals surface area contributed by atoms with Crippen molar-refractivity contribution in [1.29, 1.82) is 0 Å². The number of hydrogen-bond acceptors (Lipinski definition) is 5. The zero-order valence-electron chi connectivity index (χ0n) is 9.60. The van der Waals surface area contributed by atoms with E-state index in [1.54, 1.807) is 6.33 Å². The fourth-order valence-electron chi connectivity index (χ4n) is 2.26. The Morgan fingerprint density at radius 2 is 2.22 bits per heavy atom. The van der Waals surface area contributed by atoms with E-state index >= 15 is 0 Å². The molecule has 18 heavy (non-hydrogen) atoms. The van der Waals surface area contributed by atoms with Crippen molar-refractivity contribution in [2.75, 3.05) is 12.4 Å². The highest BCUT2D eigenvalue weighted by molar-refractivity contribution is 5.69. The van der Waals surface area contributed by atoms with Crippen molar-refractivity contribution >= 4 is 11.2 Å². The van der Waals surface area contributed by atoms with Crippen LogP contribution < -0.4 is 11.4 Å². The predicted octanol–water partition coefficient (Wildman–Crippen LogP) is -0.584. The molecule has 0 spiro atoms. The Bertz CT molecular complexity index is 672. The van der Waals surface area contributed by atoms with Crippen LogP contribution in [0.25, 0.3) is 11.2 Å². The molecule has 0 aliphatic heterocycles. The van der Waals surface area contributed by atoms with Gasteiger partial charge >= 0.3 is 0 Å². The molecule has 3 rings (SSSR count). The second-order valence-corrected chi connectivity index (χ2v) is 4.41. The van der Waals surface area contributed by atoms with Gasteiger partial charge in [0.25, 0.3) is 5.56 Å². The average molecular weight is 247 g/mol. The highest BCUT2D eigenvalue weighted by atomic mass is 16.3. The monoisotopic (exact) mass is 247 g/mol. The van der Waals surface area contributed by atoms with E-state index in [0.717, 1.165) is 11.1 Å². The quantitative estimate of drug-likeness (QED) is 0.546. The number of nitrogens with zero attached hydrogens (tertiary/aromatic N) is 4. The average Bonchev–Trinajstić information content (AvgIpc) is 2.99. The maximum absolute atomic E-state index is 11.7. The second-order valence-electron chi connectivity index (χ2n) is 4.41. The third-order valence-corrected chi connectivity index (χ3v) is 3.25. The Morgan fingerprint density at radius 3 is 2.94 bits per heavy atom. The van der Waals surface area contributed by atoms with Crippen LogP contribution in [0, 0.1) is 5.92 Å². The Kier molecular flexibility index (Phi) is 2.41. The molecule has 0 fully saturated rings. The third kappa shape index (κ3) is 1.52. The first-order valence-electron chi connectivity index (χ1n) is 5.69. The first-order valence-corrected chi connectivity index (χ1v) is 5.69. The van der Waals surface area contributed by atoms with Crippen molar-refractivity contribution in [3.8, 4) is 0 Å². The minimum Gasteiger partial charge on any atom is -0.396 e. The number of imidazole rings is 1. The Labute approximate surface area is 102 Å². The molecule has 0 amide bonds. The number of fused-ring (bicyclic) bond motifs is 1. The standard InChI is InChI=1S/C11H13N5O2/c12-16-6-14-10-9(11(16)18)13-5-15(10)8-2-1-7(3-8)4-17/h1-2,5-8,17H,3-4,12H2/t7-,8+/m1/s1. The summed E-state index contributed by atoms with van der Waals surface area (Å²) in [6.45, 7) is 0.128. The van der Waals surface area contributed by atoms with Crippen molar-refractivity contribution in [2.24, 2.45) is 5.92 Å². The van der Waals surface area contributed by atoms with E-state index in [9.17, 15) is 4.79 Å². The minimum absolute atomic E-state index is 0.0766. The van der Waals surface area contributed by atoms with Crippen molar-refractivity contribution in [2.45, 2.75) is 12.5 Å². The summed E-state index contributed by atoms with van der Waals surface area (Å²) in [4.78, 5) is 19.9. The van der Waals surface area contributed by atoms with E-state index in [4.69, 9.17) is 10.9 Å². The molecule has 0 radical (unpaired) electrons. The van der Waals surface area contributed by atoms with Crippen LogP contribution >= 0.6 is 0 Å². The molecule has 0 unspecified atom stereocenters. The van der Waals surface area contributed by atoms with Gasteiger partial charge in [-0.3, -0.25) is 4.79 Å². The lowest BCUT2D eigenvalue weighted by atomic mass is 10.1. The van der Waals surface area contributed by atoms with Crippen molar-refractivity contribution in [3.05, 3.63) is 35.2 Å². The van der Waals surface area contributed by atoms with E-state index in [1.165, 1.54) is 6.33 Å². The number of aliphatic hydroxyl groups is 1. The van der Waals surface area contributed by atoms with Gasteiger partial charge in [-0.15, -0.1) is 0 Å². The highest BCUT2D eigenvalue weighted by Crippen LogP contribution is 2.28. The van der Waals surface area contributed by atoms with Gasteiger partial charge in [0.1, 0.15) is 6.33 Å². The predicted molar refractivity (Wildman–Crippen MR) is 65.3 cm³/mol. The van der Waals surface area contributed by atoms with Gasteiger partial charge in [0, 0.05) is 12.5 Å². The second kappa shape index (κ2) is 3.95. The summed E-state index contributed by atoms with van der Waals surface area (Å²) in [6, 6.07) is 0.0766. The number of aliphatic hydroxyl groups excluding tert-OH is 1. The number of hydrogen-bond donors (Lipinski definition) is 2. The maximum Gasteiger partial charge on any atom is 0.299 e. The summed E-state index contributed by atoms with van der Waals surface area (Å²) in [6.07, 6.45) is 7.63. The topological polar surface area (TPSA) is 99.0 Å². The SMILES string of the molecule is Nn1cnc2c(ncn2[C@H]2C=C[C@@H](CO)C2)c1=O. The molecule has 0 saturated carbocycles. The smallest absolute Gasteiger partial charge is 0.299 e. The van der Waals surface area contributed by atoms with Gasteiger partial charge in [-0.2, -0.15) is 0 Å². The fraction of sp³-hybridized carbons (Fsp3) is 0.364. The van der Waals surface area contributed by atoms with Gasteiger partial charge in [-0.1, -0.05) is 12.2 Å². The summed E-state index contributed by atoms with van der Waals surface area (Å²) in [5.74, 6) is 5.59. The van der Waals surface area contributed by atoms with E-state index in [1.807, 2.05) is 16.7 Å². The summed E-state index contributed by atoms with van der Waals surface area (Å²) >= 11 is 0. The molecule has 1 aliphatic carbocycles. The number of nitrogens with two attached hydrogens (primary N) is 1.